The molecule has 0 spiro atoms. The second-order valence-corrected chi connectivity index (χ2v) is 7.83. The summed E-state index contributed by atoms with van der Waals surface area (Å²) >= 11 is 3.49. The smallest absolute Gasteiger partial charge is 0.188 e. The fraction of sp³-hybridized carbons (Fsp3) is 0.333. The normalized spacial score (nSPS) is 13.7. The lowest BCUT2D eigenvalue weighted by Gasteiger charge is -2.34. The molecule has 0 radical (unpaired) electrons. The van der Waals surface area contributed by atoms with Crippen molar-refractivity contribution in [2.24, 2.45) is 10.7 Å². The van der Waals surface area contributed by atoms with Gasteiger partial charge in [0.1, 0.15) is 0 Å². The van der Waals surface area contributed by atoms with Gasteiger partial charge in [0.2, 0.25) is 0 Å². The Labute approximate surface area is 186 Å². The molecule has 2 aromatic rings. The Morgan fingerprint density at radius 2 is 2.10 bits per heavy atom. The molecule has 0 aliphatic carbocycles. The highest BCUT2D eigenvalue weighted by Gasteiger charge is 2.12. The van der Waals surface area contributed by atoms with E-state index in [4.69, 9.17) is 5.73 Å². The van der Waals surface area contributed by atoms with E-state index in [0.29, 0.717) is 12.5 Å². The van der Waals surface area contributed by atoms with Crippen molar-refractivity contribution in [1.82, 2.24) is 30.8 Å². The molecule has 1 aliphatic heterocycles. The highest BCUT2D eigenvalue weighted by Crippen LogP contribution is 2.14. The minimum atomic E-state index is 0.498. The van der Waals surface area contributed by atoms with Crippen LogP contribution in [-0.4, -0.2) is 45.7 Å². The molecule has 0 unspecified atom stereocenters. The van der Waals surface area contributed by atoms with Crippen LogP contribution in [0.15, 0.2) is 70.8 Å². The lowest BCUT2D eigenvalue weighted by atomic mass is 10.2. The maximum Gasteiger partial charge on any atom is 0.188 e. The highest BCUT2D eigenvalue weighted by molar-refractivity contribution is 9.10. The Kier molecular flexibility index (Phi) is 8.80. The van der Waals surface area contributed by atoms with E-state index in [1.54, 1.807) is 6.33 Å². The van der Waals surface area contributed by atoms with Crippen LogP contribution < -0.4 is 16.5 Å². The monoisotopic (exact) mass is 472 g/mol. The molecule has 8 nitrogen and oxygen atoms in total. The topological polar surface area (TPSA) is 97.6 Å². The molecule has 3 rings (SSSR count). The van der Waals surface area contributed by atoms with Crippen LogP contribution in [0.25, 0.3) is 0 Å². The molecule has 1 aliphatic rings. The van der Waals surface area contributed by atoms with Gasteiger partial charge in [0, 0.05) is 54.9 Å². The fourth-order valence-corrected chi connectivity index (χ4v) is 3.28. The van der Waals surface area contributed by atoms with Gasteiger partial charge in [-0.15, -0.1) is 0 Å². The van der Waals surface area contributed by atoms with Crippen molar-refractivity contribution in [3.8, 4) is 0 Å². The summed E-state index contributed by atoms with van der Waals surface area (Å²) in [5, 5.41) is 7.42. The van der Waals surface area contributed by atoms with Gasteiger partial charge in [-0.3, -0.25) is 10.4 Å². The van der Waals surface area contributed by atoms with Crippen LogP contribution in [0, 0.1) is 0 Å². The number of aromatic amines is 1. The Balaban J connectivity index is 1.41. The summed E-state index contributed by atoms with van der Waals surface area (Å²) in [6.45, 7) is 3.10. The predicted molar refractivity (Wildman–Crippen MR) is 124 cm³/mol. The van der Waals surface area contributed by atoms with Gasteiger partial charge in [0.05, 0.1) is 6.33 Å². The van der Waals surface area contributed by atoms with Gasteiger partial charge < -0.3 is 16.0 Å². The number of hydrazine groups is 2. The molecular formula is C21H29BrN8. The molecule has 0 amide bonds. The van der Waals surface area contributed by atoms with Crippen molar-refractivity contribution in [2.45, 2.75) is 25.8 Å². The van der Waals surface area contributed by atoms with Crippen molar-refractivity contribution in [3.63, 3.8) is 0 Å². The van der Waals surface area contributed by atoms with Crippen molar-refractivity contribution in [3.05, 3.63) is 77.1 Å². The predicted octanol–water partition coefficient (Wildman–Crippen LogP) is 2.66. The minimum absolute atomic E-state index is 0.498. The van der Waals surface area contributed by atoms with Crippen LogP contribution in [0.5, 0.6) is 0 Å². The van der Waals surface area contributed by atoms with E-state index in [-0.39, 0.29) is 0 Å². The van der Waals surface area contributed by atoms with Gasteiger partial charge in [-0.05, 0) is 49.1 Å². The van der Waals surface area contributed by atoms with Crippen LogP contribution in [-0.2, 0) is 13.0 Å². The van der Waals surface area contributed by atoms with Gasteiger partial charge >= 0.3 is 0 Å². The van der Waals surface area contributed by atoms with Gasteiger partial charge in [0.15, 0.2) is 5.96 Å². The summed E-state index contributed by atoms with van der Waals surface area (Å²) in [6.07, 6.45) is 14.3. The number of rotatable bonds is 11. The van der Waals surface area contributed by atoms with Crippen molar-refractivity contribution in [2.75, 3.05) is 19.6 Å². The molecule has 0 atom stereocenters. The van der Waals surface area contributed by atoms with E-state index < -0.39 is 0 Å². The maximum atomic E-state index is 5.99. The number of aliphatic imine (C=N–C) groups is 1. The summed E-state index contributed by atoms with van der Waals surface area (Å²) in [4.78, 5) is 11.6. The average molecular weight is 473 g/mol. The molecule has 1 aromatic carbocycles. The molecule has 2 heterocycles. The molecule has 0 bridgehead atoms. The zero-order valence-corrected chi connectivity index (χ0v) is 18.6. The number of benzene rings is 1. The zero-order chi connectivity index (χ0) is 21.0. The average Bonchev–Trinajstić information content (AvgIpc) is 3.29. The number of allylic oxidation sites excluding steroid dienone is 2. The van der Waals surface area contributed by atoms with Crippen molar-refractivity contribution < 1.29 is 0 Å². The number of aromatic nitrogens is 2. The number of hydrogen-bond acceptors (Lipinski definition) is 5. The van der Waals surface area contributed by atoms with E-state index in [9.17, 15) is 0 Å². The number of halogens is 1. The molecule has 1 aromatic heterocycles. The summed E-state index contributed by atoms with van der Waals surface area (Å²) in [7, 11) is 0. The number of nitrogens with two attached hydrogens (primary N) is 1. The first-order chi connectivity index (χ1) is 14.7. The number of nitrogens with one attached hydrogen (secondary N) is 3. The van der Waals surface area contributed by atoms with Crippen LogP contribution in [0.3, 0.4) is 0 Å². The third-order valence-electron chi connectivity index (χ3n) is 4.56. The fourth-order valence-electron chi connectivity index (χ4n) is 3.01. The minimum Gasteiger partial charge on any atom is -0.370 e. The summed E-state index contributed by atoms with van der Waals surface area (Å²) in [6, 6.07) is 8.39. The molecule has 0 saturated heterocycles. The van der Waals surface area contributed by atoms with Crippen LogP contribution in [0.1, 0.15) is 24.1 Å². The Morgan fingerprint density at radius 3 is 2.83 bits per heavy atom. The maximum absolute atomic E-state index is 5.99. The van der Waals surface area contributed by atoms with Gasteiger partial charge in [-0.2, -0.15) is 5.01 Å². The first-order valence-electron chi connectivity index (χ1n) is 10.1. The van der Waals surface area contributed by atoms with E-state index in [1.807, 2.05) is 35.9 Å². The Hall–Kier alpha value is -2.78. The standard InChI is InChI=1S/C21H29BrN8/c22-19-8-6-18(7-9-19)16-29(30-14-2-1-12-28-30)13-4-11-26-21(23)25-10-3-5-20-15-24-17-27-20/h1-2,6-9,12,14-15,17,28H,3-5,10-11,13,16H2,(H,24,27)(H3,23,25,26). The second kappa shape index (κ2) is 12.0. The van der Waals surface area contributed by atoms with Crippen LogP contribution in [0.4, 0.5) is 0 Å². The third-order valence-corrected chi connectivity index (χ3v) is 5.09. The summed E-state index contributed by atoms with van der Waals surface area (Å²) in [5.41, 5.74) is 11.6. The third kappa shape index (κ3) is 7.57. The van der Waals surface area contributed by atoms with Gasteiger partial charge in [0.25, 0.3) is 0 Å². The Morgan fingerprint density at radius 1 is 1.23 bits per heavy atom. The molecule has 30 heavy (non-hydrogen) atoms. The first kappa shape index (κ1) is 21.9. The van der Waals surface area contributed by atoms with E-state index in [0.717, 1.165) is 49.1 Å². The van der Waals surface area contributed by atoms with Gasteiger partial charge in [-0.25, -0.2) is 10.1 Å². The lowest BCUT2D eigenvalue weighted by Crippen LogP contribution is -2.46. The number of hydrogen-bond donors (Lipinski definition) is 4. The molecule has 0 fully saturated rings. The number of aryl methyl sites for hydroxylation is 1. The number of imidazole rings is 1. The SMILES string of the molecule is NC(=NCCCN(Cc1ccc(Br)cc1)N1C=CC=CN1)NCCCc1cnc[nH]1. The second-order valence-electron chi connectivity index (χ2n) is 6.92. The molecule has 5 N–H and O–H groups in total. The van der Waals surface area contributed by atoms with Crippen LogP contribution >= 0.6 is 15.9 Å². The van der Waals surface area contributed by atoms with Crippen LogP contribution in [0.2, 0.25) is 0 Å². The summed E-state index contributed by atoms with van der Waals surface area (Å²) in [5.74, 6) is 0.498. The molecule has 9 heteroatoms. The highest BCUT2D eigenvalue weighted by atomic mass is 79.9. The lowest BCUT2D eigenvalue weighted by molar-refractivity contribution is -0.0200. The largest absolute Gasteiger partial charge is 0.370 e. The number of guanidine groups is 1. The molecular weight excluding hydrogens is 444 g/mol. The van der Waals surface area contributed by atoms with E-state index in [1.165, 1.54) is 5.56 Å². The van der Waals surface area contributed by atoms with Gasteiger partial charge in [-0.1, -0.05) is 28.1 Å². The number of nitrogens with zero attached hydrogens (tertiary/aromatic N) is 4. The number of H-pyrrole nitrogens is 1. The summed E-state index contributed by atoms with van der Waals surface area (Å²) < 4.78 is 1.08. The Bertz CT molecular complexity index is 829. The quantitative estimate of drug-likeness (QED) is 0.228. The van der Waals surface area contributed by atoms with E-state index in [2.05, 4.69) is 70.9 Å². The zero-order valence-electron chi connectivity index (χ0n) is 17.0. The molecule has 160 valence electrons. The molecule has 0 saturated carbocycles. The van der Waals surface area contributed by atoms with E-state index >= 15 is 0 Å². The van der Waals surface area contributed by atoms with Crippen molar-refractivity contribution >= 4 is 21.9 Å². The first-order valence-corrected chi connectivity index (χ1v) is 10.9. The van der Waals surface area contributed by atoms with Crippen molar-refractivity contribution in [1.29, 1.82) is 0 Å².